The van der Waals surface area contributed by atoms with E-state index in [1.807, 2.05) is 6.92 Å². The van der Waals surface area contributed by atoms with E-state index in [0.717, 1.165) is 5.56 Å². The molecule has 5 nitrogen and oxygen atoms in total. The first kappa shape index (κ1) is 13.2. The SMILES string of the molecule is Cc1cc(Cl)ccc1Oc1cc(N)cc([N+](=O)[O-])c1. The number of nitrogen functional groups attached to an aromatic ring is 1. The van der Waals surface area contributed by atoms with Crippen molar-refractivity contribution in [3.8, 4) is 11.5 Å². The highest BCUT2D eigenvalue weighted by atomic mass is 35.5. The van der Waals surface area contributed by atoms with Crippen LogP contribution in [-0.2, 0) is 0 Å². The molecule has 0 spiro atoms. The maximum atomic E-state index is 10.7. The summed E-state index contributed by atoms with van der Waals surface area (Å²) in [5.41, 5.74) is 6.60. The van der Waals surface area contributed by atoms with Crippen molar-refractivity contribution in [2.24, 2.45) is 0 Å². The van der Waals surface area contributed by atoms with Crippen LogP contribution in [0.2, 0.25) is 5.02 Å². The summed E-state index contributed by atoms with van der Waals surface area (Å²) < 4.78 is 5.59. The van der Waals surface area contributed by atoms with Crippen LogP contribution in [0.15, 0.2) is 36.4 Å². The maximum absolute atomic E-state index is 10.7. The molecule has 0 atom stereocenters. The van der Waals surface area contributed by atoms with Gasteiger partial charge in [0.05, 0.1) is 11.0 Å². The third-order valence-electron chi connectivity index (χ3n) is 2.49. The fourth-order valence-corrected chi connectivity index (χ4v) is 1.85. The molecule has 0 radical (unpaired) electrons. The average molecular weight is 279 g/mol. The van der Waals surface area contributed by atoms with Crippen molar-refractivity contribution in [2.75, 3.05) is 5.73 Å². The smallest absolute Gasteiger partial charge is 0.275 e. The zero-order chi connectivity index (χ0) is 14.0. The minimum Gasteiger partial charge on any atom is -0.457 e. The molecule has 6 heteroatoms. The summed E-state index contributed by atoms with van der Waals surface area (Å²) in [5.74, 6) is 0.890. The van der Waals surface area contributed by atoms with Gasteiger partial charge in [0.25, 0.3) is 5.69 Å². The van der Waals surface area contributed by atoms with Gasteiger partial charge in [-0.05, 0) is 30.7 Å². The molecular formula is C13H11ClN2O3. The lowest BCUT2D eigenvalue weighted by Gasteiger charge is -2.09. The van der Waals surface area contributed by atoms with Gasteiger partial charge in [0.1, 0.15) is 11.5 Å². The number of halogens is 1. The summed E-state index contributed by atoms with van der Waals surface area (Å²) >= 11 is 5.85. The van der Waals surface area contributed by atoms with Crippen LogP contribution in [0.3, 0.4) is 0 Å². The van der Waals surface area contributed by atoms with Crippen LogP contribution in [0, 0.1) is 17.0 Å². The highest BCUT2D eigenvalue weighted by Gasteiger charge is 2.10. The molecule has 0 fully saturated rings. The molecule has 2 N–H and O–H groups in total. The first-order chi connectivity index (χ1) is 8.95. The van der Waals surface area contributed by atoms with E-state index in [4.69, 9.17) is 22.1 Å². The van der Waals surface area contributed by atoms with Crippen molar-refractivity contribution < 1.29 is 9.66 Å². The molecule has 2 aromatic rings. The summed E-state index contributed by atoms with van der Waals surface area (Å²) in [6.07, 6.45) is 0. The first-order valence-corrected chi connectivity index (χ1v) is 5.82. The first-order valence-electron chi connectivity index (χ1n) is 5.44. The van der Waals surface area contributed by atoms with Crippen molar-refractivity contribution in [2.45, 2.75) is 6.92 Å². The number of nitrogens with zero attached hydrogens (tertiary/aromatic N) is 1. The third-order valence-corrected chi connectivity index (χ3v) is 2.72. The van der Waals surface area contributed by atoms with E-state index in [1.165, 1.54) is 18.2 Å². The molecule has 2 aromatic carbocycles. The fourth-order valence-electron chi connectivity index (χ4n) is 1.62. The zero-order valence-corrected chi connectivity index (χ0v) is 10.8. The largest absolute Gasteiger partial charge is 0.457 e. The van der Waals surface area contributed by atoms with Gasteiger partial charge in [-0.25, -0.2) is 0 Å². The number of nitrogens with two attached hydrogens (primary N) is 1. The van der Waals surface area contributed by atoms with Gasteiger partial charge in [0.2, 0.25) is 0 Å². The lowest BCUT2D eigenvalue weighted by Crippen LogP contribution is -1.94. The Bertz CT molecular complexity index is 644. The van der Waals surface area contributed by atoms with Crippen LogP contribution >= 0.6 is 11.6 Å². The number of aryl methyl sites for hydroxylation is 1. The number of hydrogen-bond acceptors (Lipinski definition) is 4. The highest BCUT2D eigenvalue weighted by molar-refractivity contribution is 6.30. The number of ether oxygens (including phenoxy) is 1. The van der Waals surface area contributed by atoms with Crippen LogP contribution in [0.5, 0.6) is 11.5 Å². The second-order valence-corrected chi connectivity index (χ2v) is 4.47. The molecule has 0 saturated heterocycles. The summed E-state index contributed by atoms with van der Waals surface area (Å²) in [6.45, 7) is 1.84. The van der Waals surface area contributed by atoms with Gasteiger partial charge in [-0.15, -0.1) is 0 Å². The van der Waals surface area contributed by atoms with Crippen LogP contribution in [0.4, 0.5) is 11.4 Å². The second kappa shape index (κ2) is 5.16. The average Bonchev–Trinajstić information content (AvgIpc) is 2.32. The molecule has 0 bridgehead atoms. The van der Waals surface area contributed by atoms with Crippen LogP contribution in [0.1, 0.15) is 5.56 Å². The predicted octanol–water partition coefficient (Wildman–Crippen LogP) is 3.93. The molecule has 0 amide bonds. The van der Waals surface area contributed by atoms with Gasteiger partial charge in [0, 0.05) is 22.8 Å². The summed E-state index contributed by atoms with van der Waals surface area (Å²) in [4.78, 5) is 10.2. The van der Waals surface area contributed by atoms with Crippen molar-refractivity contribution in [1.29, 1.82) is 0 Å². The Morgan fingerprint density at radius 3 is 2.63 bits per heavy atom. The number of nitro benzene ring substituents is 1. The van der Waals surface area contributed by atoms with Crippen LogP contribution in [-0.4, -0.2) is 4.92 Å². The van der Waals surface area contributed by atoms with E-state index in [-0.39, 0.29) is 11.4 Å². The van der Waals surface area contributed by atoms with Crippen LogP contribution in [0.25, 0.3) is 0 Å². The number of nitro groups is 1. The van der Waals surface area contributed by atoms with Crippen molar-refractivity contribution in [1.82, 2.24) is 0 Å². The third kappa shape index (κ3) is 3.14. The molecule has 19 heavy (non-hydrogen) atoms. The minimum atomic E-state index is -0.516. The standard InChI is InChI=1S/C13H11ClN2O3/c1-8-4-9(14)2-3-13(8)19-12-6-10(15)5-11(7-12)16(17)18/h2-7H,15H2,1H3. The fraction of sp³-hybridized carbons (Fsp3) is 0.0769. The lowest BCUT2D eigenvalue weighted by molar-refractivity contribution is -0.384. The molecule has 0 saturated carbocycles. The van der Waals surface area contributed by atoms with E-state index in [1.54, 1.807) is 18.2 Å². The molecule has 0 aromatic heterocycles. The molecule has 0 aliphatic carbocycles. The number of rotatable bonds is 3. The molecule has 0 aliphatic rings. The quantitative estimate of drug-likeness (QED) is 0.524. The van der Waals surface area contributed by atoms with Gasteiger partial charge in [-0.2, -0.15) is 0 Å². The van der Waals surface area contributed by atoms with E-state index < -0.39 is 4.92 Å². The Balaban J connectivity index is 2.35. The Hall–Kier alpha value is -2.27. The molecule has 2 rings (SSSR count). The van der Waals surface area contributed by atoms with E-state index in [9.17, 15) is 10.1 Å². The molecule has 98 valence electrons. The van der Waals surface area contributed by atoms with Crippen LogP contribution < -0.4 is 10.5 Å². The second-order valence-electron chi connectivity index (χ2n) is 4.03. The number of anilines is 1. The number of hydrogen-bond donors (Lipinski definition) is 1. The predicted molar refractivity (Wildman–Crippen MR) is 73.8 cm³/mol. The highest BCUT2D eigenvalue weighted by Crippen LogP contribution is 2.31. The molecule has 0 unspecified atom stereocenters. The topological polar surface area (TPSA) is 78.4 Å². The summed E-state index contributed by atoms with van der Waals surface area (Å²) in [5, 5.41) is 11.3. The number of non-ortho nitro benzene ring substituents is 1. The van der Waals surface area contributed by atoms with E-state index in [2.05, 4.69) is 0 Å². The number of benzene rings is 2. The van der Waals surface area contributed by atoms with Crippen molar-refractivity contribution in [3.05, 3.63) is 57.1 Å². The summed E-state index contributed by atoms with van der Waals surface area (Å²) in [6, 6.07) is 9.27. The van der Waals surface area contributed by atoms with Crippen molar-refractivity contribution in [3.63, 3.8) is 0 Å². The van der Waals surface area contributed by atoms with Gasteiger partial charge in [0.15, 0.2) is 0 Å². The molecular weight excluding hydrogens is 268 g/mol. The van der Waals surface area contributed by atoms with Gasteiger partial charge >= 0.3 is 0 Å². The Kier molecular flexibility index (Phi) is 3.57. The van der Waals surface area contributed by atoms with Gasteiger partial charge in [-0.3, -0.25) is 10.1 Å². The molecule has 0 heterocycles. The van der Waals surface area contributed by atoms with Gasteiger partial charge in [-0.1, -0.05) is 11.6 Å². The van der Waals surface area contributed by atoms with Gasteiger partial charge < -0.3 is 10.5 Å². The zero-order valence-electron chi connectivity index (χ0n) is 10.1. The Labute approximate surface area is 114 Å². The van der Waals surface area contributed by atoms with Crippen molar-refractivity contribution >= 4 is 23.0 Å². The Morgan fingerprint density at radius 2 is 2.00 bits per heavy atom. The summed E-state index contributed by atoms with van der Waals surface area (Å²) in [7, 11) is 0. The van der Waals surface area contributed by atoms with E-state index in [0.29, 0.717) is 16.5 Å². The molecule has 0 aliphatic heterocycles. The Morgan fingerprint density at radius 1 is 1.26 bits per heavy atom. The normalized spacial score (nSPS) is 10.2. The lowest BCUT2D eigenvalue weighted by atomic mass is 10.2. The monoisotopic (exact) mass is 278 g/mol. The van der Waals surface area contributed by atoms with E-state index >= 15 is 0 Å². The maximum Gasteiger partial charge on any atom is 0.275 e. The minimum absolute atomic E-state index is 0.110.